The van der Waals surface area contributed by atoms with Crippen LogP contribution in [0, 0.1) is 0 Å². The second kappa shape index (κ2) is 7.04. The minimum Gasteiger partial charge on any atom is -0.342 e. The van der Waals surface area contributed by atoms with Crippen LogP contribution in [-0.4, -0.2) is 42.7 Å². The number of benzene rings is 1. The van der Waals surface area contributed by atoms with Crippen molar-refractivity contribution in [1.82, 2.24) is 19.5 Å². The minimum atomic E-state index is -4.00. The molecule has 0 bridgehead atoms. The van der Waals surface area contributed by atoms with E-state index in [0.29, 0.717) is 5.13 Å². The van der Waals surface area contributed by atoms with E-state index < -0.39 is 15.9 Å². The Bertz CT molecular complexity index is 1010. The van der Waals surface area contributed by atoms with Crippen molar-refractivity contribution >= 4 is 42.6 Å². The average molecular weight is 393 g/mol. The molecule has 1 N–H and O–H groups in total. The molecule has 1 aromatic carbocycles. The molecule has 10 heteroatoms. The van der Waals surface area contributed by atoms with Crippen molar-refractivity contribution < 1.29 is 13.2 Å². The van der Waals surface area contributed by atoms with Crippen LogP contribution in [0.1, 0.15) is 19.9 Å². The van der Waals surface area contributed by atoms with Crippen LogP contribution in [0.15, 0.2) is 41.6 Å². The molecule has 1 amide bonds. The number of sulfonamides is 1. The van der Waals surface area contributed by atoms with Crippen molar-refractivity contribution in [3.63, 3.8) is 0 Å². The van der Waals surface area contributed by atoms with Gasteiger partial charge < -0.3 is 4.90 Å². The smallest absolute Gasteiger partial charge is 0.283 e. The fraction of sp³-hybridized carbons (Fsp3) is 0.312. The van der Waals surface area contributed by atoms with E-state index >= 15 is 0 Å². The lowest BCUT2D eigenvalue weighted by Gasteiger charge is -2.14. The van der Waals surface area contributed by atoms with Crippen LogP contribution in [0.3, 0.4) is 0 Å². The molecule has 0 spiro atoms. The first kappa shape index (κ1) is 18.3. The van der Waals surface area contributed by atoms with E-state index in [-0.39, 0.29) is 17.6 Å². The Hall–Kier alpha value is -2.46. The highest BCUT2D eigenvalue weighted by Gasteiger charge is 2.22. The summed E-state index contributed by atoms with van der Waals surface area (Å²) in [6.07, 6.45) is 1.57. The van der Waals surface area contributed by atoms with E-state index in [4.69, 9.17) is 0 Å². The number of nitrogens with one attached hydrogen (secondary N) is 1. The highest BCUT2D eigenvalue weighted by atomic mass is 32.2. The third-order valence-corrected chi connectivity index (χ3v) is 6.04. The summed E-state index contributed by atoms with van der Waals surface area (Å²) in [7, 11) is -2.31. The van der Waals surface area contributed by atoms with Gasteiger partial charge in [-0.05, 0) is 32.0 Å². The van der Waals surface area contributed by atoms with Gasteiger partial charge in [-0.3, -0.25) is 9.48 Å². The summed E-state index contributed by atoms with van der Waals surface area (Å²) in [5.41, 5.74) is 0.839. The number of hydrogen-bond donors (Lipinski definition) is 1. The van der Waals surface area contributed by atoms with Crippen LogP contribution in [-0.2, 0) is 14.8 Å². The van der Waals surface area contributed by atoms with Crippen LogP contribution in [0.5, 0.6) is 0 Å². The number of nitrogens with zero attached hydrogens (tertiary/aromatic N) is 4. The third kappa shape index (κ3) is 3.86. The molecular formula is C16H19N5O3S2. The van der Waals surface area contributed by atoms with Gasteiger partial charge in [0.15, 0.2) is 10.2 Å². The van der Waals surface area contributed by atoms with Gasteiger partial charge in [0.1, 0.15) is 0 Å². The fourth-order valence-electron chi connectivity index (χ4n) is 2.29. The molecule has 8 nitrogen and oxygen atoms in total. The average Bonchev–Trinajstić information content (AvgIpc) is 3.21. The molecule has 0 aliphatic heterocycles. The number of para-hydroxylation sites is 1. The molecule has 26 heavy (non-hydrogen) atoms. The van der Waals surface area contributed by atoms with Gasteiger partial charge in [-0.2, -0.15) is 13.5 Å². The number of fused-ring (bicyclic) bond motifs is 1. The first-order chi connectivity index (χ1) is 12.3. The maximum atomic E-state index is 12.3. The maximum absolute atomic E-state index is 12.3. The number of aromatic nitrogens is 3. The topological polar surface area (TPSA) is 97.2 Å². The predicted octanol–water partition coefficient (Wildman–Crippen LogP) is 2.01. The van der Waals surface area contributed by atoms with Gasteiger partial charge >= 0.3 is 0 Å². The highest BCUT2D eigenvalue weighted by molar-refractivity contribution is 7.90. The Kier molecular flexibility index (Phi) is 4.97. The molecule has 0 atom stereocenters. The van der Waals surface area contributed by atoms with Crippen molar-refractivity contribution in [3.8, 4) is 0 Å². The first-order valence-corrected chi connectivity index (χ1v) is 10.2. The molecule has 0 unspecified atom stereocenters. The normalized spacial score (nSPS) is 11.8. The number of amides is 1. The summed E-state index contributed by atoms with van der Waals surface area (Å²) < 4.78 is 29.2. The van der Waals surface area contributed by atoms with Crippen molar-refractivity contribution in [2.45, 2.75) is 24.9 Å². The van der Waals surface area contributed by atoms with Crippen LogP contribution in [0.2, 0.25) is 0 Å². The lowest BCUT2D eigenvalue weighted by atomic mass is 10.3. The summed E-state index contributed by atoms with van der Waals surface area (Å²) >= 11 is 1.44. The van der Waals surface area contributed by atoms with Crippen LogP contribution in [0.25, 0.3) is 10.2 Å². The number of likely N-dealkylation sites (N-methyl/N-ethyl adjacent to an activating group) is 1. The van der Waals surface area contributed by atoms with Crippen molar-refractivity contribution in [1.29, 1.82) is 0 Å². The Morgan fingerprint density at radius 2 is 2.04 bits per heavy atom. The second-order valence-corrected chi connectivity index (χ2v) is 8.72. The molecule has 0 saturated heterocycles. The molecule has 2 aromatic heterocycles. The number of thiazole rings is 1. The van der Waals surface area contributed by atoms with Gasteiger partial charge in [-0.15, -0.1) is 0 Å². The second-order valence-electron chi connectivity index (χ2n) is 6.08. The molecule has 138 valence electrons. The van der Waals surface area contributed by atoms with Crippen LogP contribution < -0.4 is 9.62 Å². The van der Waals surface area contributed by atoms with Gasteiger partial charge in [-0.1, -0.05) is 23.5 Å². The number of anilines is 1. The minimum absolute atomic E-state index is 0.0276. The summed E-state index contributed by atoms with van der Waals surface area (Å²) in [5.74, 6) is -0.647. The van der Waals surface area contributed by atoms with E-state index in [0.717, 1.165) is 10.2 Å². The molecule has 3 aromatic rings. The largest absolute Gasteiger partial charge is 0.342 e. The molecule has 0 radical (unpaired) electrons. The van der Waals surface area contributed by atoms with Crippen molar-refractivity contribution in [2.75, 3.05) is 18.5 Å². The molecule has 0 aliphatic rings. The standard InChI is InChI=1S/C16H19N5O3S2/c1-11(2)21-9-8-15(18-21)26(23,24)19-14(22)10-20(3)16-17-12-6-4-5-7-13(12)25-16/h4-9,11H,10H2,1-3H3,(H,19,22). The SMILES string of the molecule is CC(C)n1ccc(S(=O)(=O)NC(=O)CN(C)c2nc3ccccc3s2)n1. The zero-order valence-electron chi connectivity index (χ0n) is 14.6. The zero-order valence-corrected chi connectivity index (χ0v) is 16.2. The summed E-state index contributed by atoms with van der Waals surface area (Å²) in [5, 5.41) is 4.45. The third-order valence-electron chi connectivity index (χ3n) is 3.63. The lowest BCUT2D eigenvalue weighted by molar-refractivity contribution is -0.118. The van der Waals surface area contributed by atoms with Crippen LogP contribution >= 0.6 is 11.3 Å². The van der Waals surface area contributed by atoms with E-state index in [1.54, 1.807) is 18.1 Å². The number of hydrogen-bond acceptors (Lipinski definition) is 7. The molecular weight excluding hydrogens is 374 g/mol. The van der Waals surface area contributed by atoms with E-state index in [2.05, 4.69) is 14.8 Å². The van der Waals surface area contributed by atoms with Gasteiger partial charge in [0.2, 0.25) is 0 Å². The molecule has 2 heterocycles. The fourth-order valence-corrected chi connectivity index (χ4v) is 4.13. The predicted molar refractivity (Wildman–Crippen MR) is 101 cm³/mol. The van der Waals surface area contributed by atoms with Gasteiger partial charge in [0.05, 0.1) is 16.8 Å². The van der Waals surface area contributed by atoms with E-state index in [1.807, 2.05) is 38.1 Å². The molecule has 3 rings (SSSR count). The Labute approximate surface area is 155 Å². The zero-order chi connectivity index (χ0) is 18.9. The Morgan fingerprint density at radius 3 is 2.69 bits per heavy atom. The number of rotatable bonds is 6. The van der Waals surface area contributed by atoms with Gasteiger partial charge in [-0.25, -0.2) is 9.71 Å². The maximum Gasteiger partial charge on any atom is 0.283 e. The van der Waals surface area contributed by atoms with Gasteiger partial charge in [0, 0.05) is 19.3 Å². The van der Waals surface area contributed by atoms with E-state index in [9.17, 15) is 13.2 Å². The molecule has 0 aliphatic carbocycles. The summed E-state index contributed by atoms with van der Waals surface area (Å²) in [6, 6.07) is 9.03. The monoisotopic (exact) mass is 393 g/mol. The van der Waals surface area contributed by atoms with Gasteiger partial charge in [0.25, 0.3) is 15.9 Å². The Balaban J connectivity index is 1.68. The number of carbonyl (C=O) groups is 1. The van der Waals surface area contributed by atoms with Crippen molar-refractivity contribution in [2.24, 2.45) is 0 Å². The molecule has 0 fully saturated rings. The van der Waals surface area contributed by atoms with Crippen molar-refractivity contribution in [3.05, 3.63) is 36.5 Å². The summed E-state index contributed by atoms with van der Waals surface area (Å²) in [4.78, 5) is 18.2. The number of carbonyl (C=O) groups excluding carboxylic acids is 1. The molecule has 0 saturated carbocycles. The highest BCUT2D eigenvalue weighted by Crippen LogP contribution is 2.27. The van der Waals surface area contributed by atoms with E-state index in [1.165, 1.54) is 22.1 Å². The first-order valence-electron chi connectivity index (χ1n) is 7.94. The summed E-state index contributed by atoms with van der Waals surface area (Å²) in [6.45, 7) is 3.63. The quantitative estimate of drug-likeness (QED) is 0.688. The van der Waals surface area contributed by atoms with Crippen LogP contribution in [0.4, 0.5) is 5.13 Å². The lowest BCUT2D eigenvalue weighted by Crippen LogP contribution is -2.38. The Morgan fingerprint density at radius 1 is 1.31 bits per heavy atom.